The van der Waals surface area contributed by atoms with Gasteiger partial charge in [-0.05, 0) is 24.5 Å². The standard InChI is InChI=1S/C17H28N2S/c1-5-16(18)17(15-9-7-6-8-12(15)2)19-10-13(3)20-14(4)11-19/h6-9,13-14,16-17H,5,10-11,18H2,1-4H3. The topological polar surface area (TPSA) is 29.3 Å². The first-order chi connectivity index (χ1) is 9.52. The molecule has 0 aliphatic carbocycles. The van der Waals surface area contributed by atoms with E-state index in [1.807, 2.05) is 0 Å². The van der Waals surface area contributed by atoms with Crippen molar-refractivity contribution in [2.75, 3.05) is 13.1 Å². The van der Waals surface area contributed by atoms with Crippen molar-refractivity contribution in [3.05, 3.63) is 35.4 Å². The molecule has 1 aromatic rings. The predicted octanol–water partition coefficient (Wildman–Crippen LogP) is 3.60. The molecule has 3 heteroatoms. The second kappa shape index (κ2) is 6.97. The summed E-state index contributed by atoms with van der Waals surface area (Å²) >= 11 is 2.10. The van der Waals surface area contributed by atoms with E-state index in [4.69, 9.17) is 5.73 Å². The summed E-state index contributed by atoms with van der Waals surface area (Å²) in [5, 5.41) is 1.38. The monoisotopic (exact) mass is 292 g/mol. The lowest BCUT2D eigenvalue weighted by molar-refractivity contribution is 0.166. The van der Waals surface area contributed by atoms with Crippen LogP contribution in [0.25, 0.3) is 0 Å². The molecule has 4 unspecified atom stereocenters. The molecule has 0 saturated carbocycles. The largest absolute Gasteiger partial charge is 0.326 e. The molecule has 1 fully saturated rings. The Kier molecular flexibility index (Phi) is 5.53. The van der Waals surface area contributed by atoms with E-state index >= 15 is 0 Å². The highest BCUT2D eigenvalue weighted by Crippen LogP contribution is 2.34. The van der Waals surface area contributed by atoms with Crippen molar-refractivity contribution in [2.45, 2.75) is 56.7 Å². The number of aryl methyl sites for hydroxylation is 1. The van der Waals surface area contributed by atoms with E-state index in [-0.39, 0.29) is 6.04 Å². The summed E-state index contributed by atoms with van der Waals surface area (Å²) < 4.78 is 0. The van der Waals surface area contributed by atoms with Gasteiger partial charge in [0.1, 0.15) is 0 Å². The van der Waals surface area contributed by atoms with E-state index in [1.54, 1.807) is 0 Å². The van der Waals surface area contributed by atoms with Gasteiger partial charge in [0.05, 0.1) is 6.04 Å². The third-order valence-corrected chi connectivity index (χ3v) is 5.45. The average Bonchev–Trinajstić information content (AvgIpc) is 2.40. The lowest BCUT2D eigenvalue weighted by atomic mass is 9.92. The third-order valence-electron chi connectivity index (χ3n) is 4.23. The predicted molar refractivity (Wildman–Crippen MR) is 90.3 cm³/mol. The number of hydrogen-bond donors (Lipinski definition) is 1. The number of benzene rings is 1. The molecule has 0 bridgehead atoms. The average molecular weight is 292 g/mol. The van der Waals surface area contributed by atoms with Crippen LogP contribution in [0.2, 0.25) is 0 Å². The van der Waals surface area contributed by atoms with Crippen LogP contribution in [0.4, 0.5) is 0 Å². The van der Waals surface area contributed by atoms with Gasteiger partial charge in [-0.3, -0.25) is 4.90 Å². The molecule has 2 rings (SSSR count). The normalized spacial score (nSPS) is 27.2. The minimum atomic E-state index is 0.207. The van der Waals surface area contributed by atoms with Crippen LogP contribution in [0, 0.1) is 6.92 Å². The molecule has 1 aliphatic rings. The Morgan fingerprint density at radius 2 is 1.85 bits per heavy atom. The SMILES string of the molecule is CCC(N)C(c1ccccc1C)N1CC(C)SC(C)C1. The first-order valence-electron chi connectivity index (χ1n) is 7.73. The molecule has 1 heterocycles. The molecule has 0 spiro atoms. The van der Waals surface area contributed by atoms with Crippen molar-refractivity contribution in [3.63, 3.8) is 0 Å². The van der Waals surface area contributed by atoms with Gasteiger partial charge in [-0.25, -0.2) is 0 Å². The second-order valence-corrected chi connectivity index (χ2v) is 7.97. The number of hydrogen-bond acceptors (Lipinski definition) is 3. The first kappa shape index (κ1) is 15.9. The lowest BCUT2D eigenvalue weighted by Gasteiger charge is -2.42. The quantitative estimate of drug-likeness (QED) is 0.919. The number of thioether (sulfide) groups is 1. The zero-order valence-corrected chi connectivity index (χ0v) is 14.0. The summed E-state index contributed by atoms with van der Waals surface area (Å²) in [6.45, 7) is 11.3. The van der Waals surface area contributed by atoms with Crippen LogP contribution in [0.15, 0.2) is 24.3 Å². The molecule has 2 N–H and O–H groups in total. The highest BCUT2D eigenvalue weighted by Gasteiger charge is 2.32. The molecule has 1 aliphatic heterocycles. The third kappa shape index (κ3) is 3.57. The summed E-state index contributed by atoms with van der Waals surface area (Å²) in [7, 11) is 0. The Balaban J connectivity index is 2.30. The van der Waals surface area contributed by atoms with Crippen LogP contribution in [-0.2, 0) is 0 Å². The van der Waals surface area contributed by atoms with Crippen LogP contribution in [0.3, 0.4) is 0 Å². The smallest absolute Gasteiger partial charge is 0.0502 e. The maximum atomic E-state index is 6.49. The van der Waals surface area contributed by atoms with Gasteiger partial charge >= 0.3 is 0 Å². The molecule has 2 nitrogen and oxygen atoms in total. The Hall–Kier alpha value is -0.510. The molecule has 0 radical (unpaired) electrons. The highest BCUT2D eigenvalue weighted by atomic mass is 32.2. The fourth-order valence-corrected chi connectivity index (χ4v) is 4.63. The van der Waals surface area contributed by atoms with Crippen LogP contribution in [0.5, 0.6) is 0 Å². The Bertz CT molecular complexity index is 425. The highest BCUT2D eigenvalue weighted by molar-refractivity contribution is 8.00. The Labute approximate surface area is 128 Å². The molecule has 20 heavy (non-hydrogen) atoms. The maximum absolute atomic E-state index is 6.49. The van der Waals surface area contributed by atoms with Crippen LogP contribution in [0.1, 0.15) is 44.4 Å². The second-order valence-electron chi connectivity index (χ2n) is 6.08. The number of rotatable bonds is 4. The van der Waals surface area contributed by atoms with E-state index < -0.39 is 0 Å². The van der Waals surface area contributed by atoms with Gasteiger partial charge in [-0.1, -0.05) is 45.0 Å². The minimum absolute atomic E-state index is 0.207. The minimum Gasteiger partial charge on any atom is -0.326 e. The molecular formula is C17H28N2S. The van der Waals surface area contributed by atoms with E-state index in [0.29, 0.717) is 16.5 Å². The van der Waals surface area contributed by atoms with Crippen molar-refractivity contribution >= 4 is 11.8 Å². The van der Waals surface area contributed by atoms with Gasteiger partial charge in [0.25, 0.3) is 0 Å². The van der Waals surface area contributed by atoms with E-state index in [9.17, 15) is 0 Å². The van der Waals surface area contributed by atoms with Crippen molar-refractivity contribution in [3.8, 4) is 0 Å². The molecule has 1 aromatic carbocycles. The number of nitrogens with zero attached hydrogens (tertiary/aromatic N) is 1. The van der Waals surface area contributed by atoms with E-state index in [1.165, 1.54) is 11.1 Å². The van der Waals surface area contributed by atoms with Gasteiger partial charge in [-0.2, -0.15) is 11.8 Å². The lowest BCUT2D eigenvalue weighted by Crippen LogP contribution is -2.48. The van der Waals surface area contributed by atoms with Gasteiger partial charge in [0, 0.05) is 29.6 Å². The summed E-state index contributed by atoms with van der Waals surface area (Å²) in [5.74, 6) is 0. The summed E-state index contributed by atoms with van der Waals surface area (Å²) in [5.41, 5.74) is 9.26. The van der Waals surface area contributed by atoms with E-state index in [2.05, 4.69) is 68.6 Å². The van der Waals surface area contributed by atoms with Crippen molar-refractivity contribution < 1.29 is 0 Å². The molecule has 1 saturated heterocycles. The van der Waals surface area contributed by atoms with Crippen LogP contribution < -0.4 is 5.73 Å². The Morgan fingerprint density at radius 3 is 2.40 bits per heavy atom. The zero-order chi connectivity index (χ0) is 14.7. The number of nitrogens with two attached hydrogens (primary N) is 1. The van der Waals surface area contributed by atoms with Crippen molar-refractivity contribution in [2.24, 2.45) is 5.73 Å². The molecular weight excluding hydrogens is 264 g/mol. The summed E-state index contributed by atoms with van der Waals surface area (Å²) in [4.78, 5) is 2.61. The zero-order valence-electron chi connectivity index (χ0n) is 13.2. The Morgan fingerprint density at radius 1 is 1.25 bits per heavy atom. The van der Waals surface area contributed by atoms with Crippen LogP contribution >= 0.6 is 11.8 Å². The van der Waals surface area contributed by atoms with Gasteiger partial charge in [0.2, 0.25) is 0 Å². The molecule has 112 valence electrons. The molecule has 0 aromatic heterocycles. The fourth-order valence-electron chi connectivity index (χ4n) is 3.28. The first-order valence-corrected chi connectivity index (χ1v) is 8.67. The van der Waals surface area contributed by atoms with Gasteiger partial charge in [0.15, 0.2) is 0 Å². The van der Waals surface area contributed by atoms with Gasteiger partial charge in [-0.15, -0.1) is 0 Å². The van der Waals surface area contributed by atoms with Crippen molar-refractivity contribution in [1.82, 2.24) is 4.90 Å². The summed E-state index contributed by atoms with van der Waals surface area (Å²) in [6.07, 6.45) is 1.02. The van der Waals surface area contributed by atoms with E-state index in [0.717, 1.165) is 19.5 Å². The maximum Gasteiger partial charge on any atom is 0.0502 e. The van der Waals surface area contributed by atoms with Crippen LogP contribution in [-0.4, -0.2) is 34.5 Å². The van der Waals surface area contributed by atoms with Crippen molar-refractivity contribution in [1.29, 1.82) is 0 Å². The molecule has 0 amide bonds. The molecule has 4 atom stereocenters. The fraction of sp³-hybridized carbons (Fsp3) is 0.647. The van der Waals surface area contributed by atoms with Gasteiger partial charge < -0.3 is 5.73 Å². The summed E-state index contributed by atoms with van der Waals surface area (Å²) in [6, 6.07) is 9.28.